The molecule has 1 N–H and O–H groups in total. The normalized spacial score (nSPS) is 10.2. The number of nitrogens with one attached hydrogen (secondary N) is 1. The summed E-state index contributed by atoms with van der Waals surface area (Å²) in [5.74, 6) is 0.808. The van der Waals surface area contributed by atoms with Crippen molar-refractivity contribution in [1.29, 1.82) is 0 Å². The Morgan fingerprint density at radius 1 is 1.00 bits per heavy atom. The van der Waals surface area contributed by atoms with Crippen molar-refractivity contribution in [2.24, 2.45) is 0 Å². The number of nitrogens with zero attached hydrogens (tertiary/aromatic N) is 1. The van der Waals surface area contributed by atoms with Gasteiger partial charge in [0, 0.05) is 35.8 Å². The first kappa shape index (κ1) is 15.7. The van der Waals surface area contributed by atoms with Crippen molar-refractivity contribution in [3.8, 4) is 5.75 Å². The molecular weight excluding hydrogens is 300 g/mol. The Morgan fingerprint density at radius 3 is 2.42 bits per heavy atom. The number of ether oxygens (including phenoxy) is 1. The summed E-state index contributed by atoms with van der Waals surface area (Å²) in [6.07, 6.45) is 3.25. The van der Waals surface area contributed by atoms with Crippen LogP contribution in [0.15, 0.2) is 73.1 Å². The SMILES string of the molecule is COc1ccc(CNc2ccccc2C(=O)c2ccncc2)cc1. The lowest BCUT2D eigenvalue weighted by atomic mass is 10.0. The van der Waals surface area contributed by atoms with Gasteiger partial charge in [-0.3, -0.25) is 9.78 Å². The molecule has 0 radical (unpaired) electrons. The van der Waals surface area contributed by atoms with Crippen molar-refractivity contribution in [2.75, 3.05) is 12.4 Å². The average Bonchev–Trinajstić information content (AvgIpc) is 2.67. The fraction of sp³-hybridized carbons (Fsp3) is 0.100. The van der Waals surface area contributed by atoms with Crippen LogP contribution in [0.3, 0.4) is 0 Å². The Kier molecular flexibility index (Phi) is 4.87. The number of hydrogen-bond acceptors (Lipinski definition) is 4. The van der Waals surface area contributed by atoms with Gasteiger partial charge in [0.2, 0.25) is 0 Å². The van der Waals surface area contributed by atoms with Crippen molar-refractivity contribution in [1.82, 2.24) is 4.98 Å². The topological polar surface area (TPSA) is 51.2 Å². The molecule has 3 aromatic rings. The monoisotopic (exact) mass is 318 g/mol. The second-order valence-electron chi connectivity index (χ2n) is 5.31. The maximum Gasteiger partial charge on any atom is 0.195 e. The van der Waals surface area contributed by atoms with E-state index in [1.807, 2.05) is 48.5 Å². The van der Waals surface area contributed by atoms with E-state index in [2.05, 4.69) is 10.3 Å². The van der Waals surface area contributed by atoms with E-state index in [1.54, 1.807) is 31.6 Å². The molecular formula is C20H18N2O2. The number of anilines is 1. The first-order valence-electron chi connectivity index (χ1n) is 7.68. The number of hydrogen-bond donors (Lipinski definition) is 1. The van der Waals surface area contributed by atoms with Gasteiger partial charge in [-0.25, -0.2) is 0 Å². The Bertz CT molecular complexity index is 815. The van der Waals surface area contributed by atoms with Crippen molar-refractivity contribution >= 4 is 11.5 Å². The highest BCUT2D eigenvalue weighted by atomic mass is 16.5. The van der Waals surface area contributed by atoms with Gasteiger partial charge in [0.1, 0.15) is 5.75 Å². The molecule has 0 aliphatic carbocycles. The summed E-state index contributed by atoms with van der Waals surface area (Å²) in [5, 5.41) is 3.34. The van der Waals surface area contributed by atoms with Crippen molar-refractivity contribution in [3.05, 3.63) is 89.7 Å². The molecule has 4 heteroatoms. The second-order valence-corrected chi connectivity index (χ2v) is 5.31. The Morgan fingerprint density at radius 2 is 1.71 bits per heavy atom. The van der Waals surface area contributed by atoms with Gasteiger partial charge in [-0.15, -0.1) is 0 Å². The van der Waals surface area contributed by atoms with Gasteiger partial charge in [-0.1, -0.05) is 24.3 Å². The second kappa shape index (κ2) is 7.42. The zero-order chi connectivity index (χ0) is 16.8. The zero-order valence-corrected chi connectivity index (χ0v) is 13.4. The molecule has 3 rings (SSSR count). The number of benzene rings is 2. The quantitative estimate of drug-likeness (QED) is 0.700. The lowest BCUT2D eigenvalue weighted by Gasteiger charge is -2.12. The minimum absolute atomic E-state index is 0.0183. The summed E-state index contributed by atoms with van der Waals surface area (Å²) < 4.78 is 5.16. The summed E-state index contributed by atoms with van der Waals surface area (Å²) in [4.78, 5) is 16.6. The molecule has 0 aliphatic rings. The van der Waals surface area contributed by atoms with Gasteiger partial charge in [-0.2, -0.15) is 0 Å². The van der Waals surface area contributed by atoms with E-state index in [0.29, 0.717) is 17.7 Å². The van der Waals surface area contributed by atoms with Gasteiger partial charge in [0.25, 0.3) is 0 Å². The van der Waals surface area contributed by atoms with Crippen LogP contribution in [0, 0.1) is 0 Å². The third kappa shape index (κ3) is 3.60. The highest BCUT2D eigenvalue weighted by Crippen LogP contribution is 2.20. The molecule has 0 amide bonds. The van der Waals surface area contributed by atoms with E-state index >= 15 is 0 Å². The van der Waals surface area contributed by atoms with Crippen LogP contribution in [0.5, 0.6) is 5.75 Å². The number of aromatic nitrogens is 1. The summed E-state index contributed by atoms with van der Waals surface area (Å²) in [5.41, 5.74) is 3.21. The first-order chi connectivity index (χ1) is 11.8. The predicted octanol–water partition coefficient (Wildman–Crippen LogP) is 3.93. The predicted molar refractivity (Wildman–Crippen MR) is 94.4 cm³/mol. The van der Waals surface area contributed by atoms with Crippen molar-refractivity contribution < 1.29 is 9.53 Å². The van der Waals surface area contributed by atoms with Gasteiger partial charge < -0.3 is 10.1 Å². The molecule has 2 aromatic carbocycles. The lowest BCUT2D eigenvalue weighted by Crippen LogP contribution is -2.08. The molecule has 0 saturated heterocycles. The van der Waals surface area contributed by atoms with E-state index in [-0.39, 0.29) is 5.78 Å². The minimum Gasteiger partial charge on any atom is -0.497 e. The van der Waals surface area contributed by atoms with Crippen LogP contribution >= 0.6 is 0 Å². The number of carbonyl (C=O) groups is 1. The minimum atomic E-state index is -0.0183. The van der Waals surface area contributed by atoms with Gasteiger partial charge in [-0.05, 0) is 42.0 Å². The summed E-state index contributed by atoms with van der Waals surface area (Å²) in [6.45, 7) is 0.630. The number of para-hydroxylation sites is 1. The van der Waals surface area contributed by atoms with E-state index in [1.165, 1.54) is 0 Å². The van der Waals surface area contributed by atoms with Crippen LogP contribution in [0.25, 0.3) is 0 Å². The average molecular weight is 318 g/mol. The third-order valence-electron chi connectivity index (χ3n) is 3.76. The molecule has 0 unspecified atom stereocenters. The lowest BCUT2D eigenvalue weighted by molar-refractivity contribution is 0.103. The number of carbonyl (C=O) groups excluding carboxylic acids is 1. The van der Waals surface area contributed by atoms with Crippen molar-refractivity contribution in [3.63, 3.8) is 0 Å². The first-order valence-corrected chi connectivity index (χ1v) is 7.68. The van der Waals surface area contributed by atoms with Crippen molar-refractivity contribution in [2.45, 2.75) is 6.54 Å². The summed E-state index contributed by atoms with van der Waals surface area (Å²) in [6, 6.07) is 18.8. The smallest absolute Gasteiger partial charge is 0.195 e. The number of ketones is 1. The fourth-order valence-electron chi connectivity index (χ4n) is 2.43. The van der Waals surface area contributed by atoms with Crippen LogP contribution in [0.4, 0.5) is 5.69 Å². The zero-order valence-electron chi connectivity index (χ0n) is 13.4. The highest BCUT2D eigenvalue weighted by Gasteiger charge is 2.12. The Balaban J connectivity index is 1.77. The summed E-state index contributed by atoms with van der Waals surface area (Å²) in [7, 11) is 1.65. The molecule has 4 nitrogen and oxygen atoms in total. The molecule has 1 heterocycles. The molecule has 1 aromatic heterocycles. The fourth-order valence-corrected chi connectivity index (χ4v) is 2.43. The molecule has 120 valence electrons. The number of pyridine rings is 1. The molecule has 0 saturated carbocycles. The molecule has 0 aliphatic heterocycles. The highest BCUT2D eigenvalue weighted by molar-refractivity contribution is 6.12. The van der Waals surface area contributed by atoms with Gasteiger partial charge >= 0.3 is 0 Å². The van der Waals surface area contributed by atoms with Gasteiger partial charge in [0.15, 0.2) is 5.78 Å². The van der Waals surface area contributed by atoms with Crippen LogP contribution in [0.1, 0.15) is 21.5 Å². The maximum atomic E-state index is 12.7. The standard InChI is InChI=1S/C20H18N2O2/c1-24-17-8-6-15(7-9-17)14-22-19-5-3-2-4-18(19)20(23)16-10-12-21-13-11-16/h2-13,22H,14H2,1H3. The molecule has 0 fully saturated rings. The van der Waals surface area contributed by atoms with Gasteiger partial charge in [0.05, 0.1) is 7.11 Å². The van der Waals surface area contributed by atoms with Crippen LogP contribution < -0.4 is 10.1 Å². The molecule has 24 heavy (non-hydrogen) atoms. The van der Waals surface area contributed by atoms with Crippen LogP contribution in [-0.2, 0) is 6.54 Å². The van der Waals surface area contributed by atoms with Crippen LogP contribution in [-0.4, -0.2) is 17.9 Å². The number of methoxy groups -OCH3 is 1. The van der Waals surface area contributed by atoms with E-state index < -0.39 is 0 Å². The van der Waals surface area contributed by atoms with Crippen LogP contribution in [0.2, 0.25) is 0 Å². The maximum absolute atomic E-state index is 12.7. The van der Waals surface area contributed by atoms with E-state index in [0.717, 1.165) is 17.0 Å². The van der Waals surface area contributed by atoms with E-state index in [4.69, 9.17) is 4.74 Å². The third-order valence-corrected chi connectivity index (χ3v) is 3.76. The summed E-state index contributed by atoms with van der Waals surface area (Å²) >= 11 is 0. The molecule has 0 bridgehead atoms. The molecule has 0 spiro atoms. The van der Waals surface area contributed by atoms with E-state index in [9.17, 15) is 4.79 Å². The number of rotatable bonds is 6. The Hall–Kier alpha value is -3.14. The largest absolute Gasteiger partial charge is 0.497 e. The molecule has 0 atom stereocenters. The Labute approximate surface area is 141 Å².